The van der Waals surface area contributed by atoms with Crippen LogP contribution in [-0.2, 0) is 9.59 Å². The molecule has 0 atom stereocenters. The van der Waals surface area contributed by atoms with Gasteiger partial charge in [0.1, 0.15) is 0 Å². The fourth-order valence-corrected chi connectivity index (χ4v) is 0. The number of carbonyl (C=O) groups excluding carboxylic acids is 1. The van der Waals surface area contributed by atoms with Crippen LogP contribution in [0.25, 0.3) is 0 Å². The number of aliphatic carboxylic acids is 1. The van der Waals surface area contributed by atoms with Crippen molar-refractivity contribution in [3.05, 3.63) is 0 Å². The molecule has 7 heavy (non-hydrogen) atoms. The molecule has 0 aliphatic carbocycles. The summed E-state index contributed by atoms with van der Waals surface area (Å²) in [5.74, 6) is -2.93. The van der Waals surface area contributed by atoms with Gasteiger partial charge in [0.2, 0.25) is 0 Å². The number of rotatable bonds is 0. The SMILES string of the molecule is NC(=O)C(=O)O.[LiH]. The van der Waals surface area contributed by atoms with Gasteiger partial charge in [-0.1, -0.05) is 0 Å². The van der Waals surface area contributed by atoms with Gasteiger partial charge in [-0.15, -0.1) is 0 Å². The zero-order valence-electron chi connectivity index (χ0n) is 2.84. The molecule has 0 aromatic rings. The van der Waals surface area contributed by atoms with Crippen LogP contribution in [0.15, 0.2) is 0 Å². The molecule has 3 N–H and O–H groups in total. The van der Waals surface area contributed by atoms with Gasteiger partial charge in [0.25, 0.3) is 0 Å². The number of nitrogens with two attached hydrogens (primary N) is 1. The Morgan fingerprint density at radius 1 is 1.43 bits per heavy atom. The molecule has 5 heteroatoms. The molecule has 0 aromatic heterocycles. The minimum absolute atomic E-state index is 0. The number of carboxylic acids is 1. The Balaban J connectivity index is 0. The first-order valence-corrected chi connectivity index (χ1v) is 1.17. The number of amides is 1. The first-order valence-electron chi connectivity index (χ1n) is 1.17. The fraction of sp³-hybridized carbons (Fsp3) is 0. The number of hydrogen-bond donors (Lipinski definition) is 2. The van der Waals surface area contributed by atoms with Crippen molar-refractivity contribution in [2.45, 2.75) is 0 Å². The van der Waals surface area contributed by atoms with Gasteiger partial charge in [0.15, 0.2) is 0 Å². The average molecular weight is 97.0 g/mol. The molecule has 0 unspecified atom stereocenters. The zero-order chi connectivity index (χ0) is 5.15. The van der Waals surface area contributed by atoms with Crippen LogP contribution in [0.5, 0.6) is 0 Å². The molecule has 36 valence electrons. The summed E-state index contributed by atoms with van der Waals surface area (Å²) in [6, 6.07) is 0. The summed E-state index contributed by atoms with van der Waals surface area (Å²) >= 11 is 0. The third kappa shape index (κ3) is 5.54. The predicted octanol–water partition coefficient (Wildman–Crippen LogP) is -2.09. The monoisotopic (exact) mass is 97.0 g/mol. The van der Waals surface area contributed by atoms with Crippen LogP contribution in [0.3, 0.4) is 0 Å². The summed E-state index contributed by atoms with van der Waals surface area (Å²) in [5.41, 5.74) is 4.20. The Morgan fingerprint density at radius 2 is 1.57 bits per heavy atom. The molecule has 0 fully saturated rings. The van der Waals surface area contributed by atoms with Gasteiger partial charge in [-0.3, -0.25) is 4.79 Å². The van der Waals surface area contributed by atoms with Crippen molar-refractivity contribution in [3.8, 4) is 0 Å². The van der Waals surface area contributed by atoms with Crippen molar-refractivity contribution < 1.29 is 14.7 Å². The first-order chi connectivity index (χ1) is 2.64. The van der Waals surface area contributed by atoms with E-state index in [0.717, 1.165) is 0 Å². The summed E-state index contributed by atoms with van der Waals surface area (Å²) in [5, 5.41) is 7.52. The Bertz CT molecular complexity index is 78.9. The van der Waals surface area contributed by atoms with Gasteiger partial charge in [0.05, 0.1) is 0 Å². The summed E-state index contributed by atoms with van der Waals surface area (Å²) in [6.07, 6.45) is 0. The van der Waals surface area contributed by atoms with Crippen molar-refractivity contribution in [1.82, 2.24) is 0 Å². The van der Waals surface area contributed by atoms with Crippen LogP contribution >= 0.6 is 0 Å². The molecular formula is C2H4LiNO3. The van der Waals surface area contributed by atoms with Crippen LogP contribution in [0.4, 0.5) is 0 Å². The van der Waals surface area contributed by atoms with E-state index in [1.165, 1.54) is 0 Å². The molecule has 0 heterocycles. The number of carbonyl (C=O) groups is 2. The van der Waals surface area contributed by atoms with E-state index >= 15 is 0 Å². The van der Waals surface area contributed by atoms with E-state index in [1.807, 2.05) is 0 Å². The number of carboxylic acid groups (broad SMARTS) is 1. The molecule has 0 saturated heterocycles. The molecule has 0 bridgehead atoms. The average Bonchev–Trinajstić information content (AvgIpc) is 1.36. The van der Waals surface area contributed by atoms with E-state index in [0.29, 0.717) is 0 Å². The van der Waals surface area contributed by atoms with Crippen molar-refractivity contribution in [3.63, 3.8) is 0 Å². The molecule has 1 amide bonds. The minimum atomic E-state index is -1.60. The third-order valence-electron chi connectivity index (χ3n) is 0.211. The van der Waals surface area contributed by atoms with Crippen LogP contribution < -0.4 is 5.73 Å². The normalized spacial score (nSPS) is 6.29. The number of primary amides is 1. The summed E-state index contributed by atoms with van der Waals surface area (Å²) in [6.45, 7) is 0. The van der Waals surface area contributed by atoms with Gasteiger partial charge in [-0.25, -0.2) is 4.79 Å². The van der Waals surface area contributed by atoms with Crippen LogP contribution in [0, 0.1) is 0 Å². The van der Waals surface area contributed by atoms with Crippen molar-refractivity contribution in [1.29, 1.82) is 0 Å². The maximum atomic E-state index is 9.32. The Hall–Kier alpha value is -0.463. The molecular weight excluding hydrogens is 93.0 g/mol. The molecule has 0 saturated carbocycles. The standard InChI is InChI=1S/C2H3NO3.Li.H/c3-1(4)2(5)6;;/h(H2,3,4)(H,5,6);;. The van der Waals surface area contributed by atoms with E-state index in [1.54, 1.807) is 0 Å². The van der Waals surface area contributed by atoms with Gasteiger partial charge in [-0.2, -0.15) is 0 Å². The van der Waals surface area contributed by atoms with E-state index < -0.39 is 11.9 Å². The second kappa shape index (κ2) is 3.72. The van der Waals surface area contributed by atoms with Gasteiger partial charge in [0, 0.05) is 0 Å². The summed E-state index contributed by atoms with van der Waals surface area (Å²) in [4.78, 5) is 18.5. The first kappa shape index (κ1) is 9.74. The second-order valence-corrected chi connectivity index (χ2v) is 0.669. The Labute approximate surface area is 51.9 Å². The Morgan fingerprint density at radius 3 is 1.57 bits per heavy atom. The van der Waals surface area contributed by atoms with Gasteiger partial charge in [-0.05, 0) is 0 Å². The van der Waals surface area contributed by atoms with E-state index in [-0.39, 0.29) is 18.9 Å². The maximum absolute atomic E-state index is 9.32. The van der Waals surface area contributed by atoms with Gasteiger partial charge < -0.3 is 10.8 Å². The fourth-order valence-electron chi connectivity index (χ4n) is 0. The quantitative estimate of drug-likeness (QED) is 0.268. The predicted molar refractivity (Wildman–Crippen MR) is 24.0 cm³/mol. The summed E-state index contributed by atoms with van der Waals surface area (Å²) in [7, 11) is 0. The van der Waals surface area contributed by atoms with Crippen molar-refractivity contribution in [2.24, 2.45) is 5.73 Å². The molecule has 4 nitrogen and oxygen atoms in total. The number of hydrogen-bond acceptors (Lipinski definition) is 2. The summed E-state index contributed by atoms with van der Waals surface area (Å²) < 4.78 is 0. The van der Waals surface area contributed by atoms with E-state index in [4.69, 9.17) is 5.11 Å². The third-order valence-corrected chi connectivity index (χ3v) is 0.211. The van der Waals surface area contributed by atoms with E-state index in [9.17, 15) is 9.59 Å². The van der Waals surface area contributed by atoms with Crippen molar-refractivity contribution in [2.75, 3.05) is 0 Å². The van der Waals surface area contributed by atoms with Crippen molar-refractivity contribution >= 4 is 30.7 Å². The second-order valence-electron chi connectivity index (χ2n) is 0.669. The molecule has 0 radical (unpaired) electrons. The van der Waals surface area contributed by atoms with Crippen LogP contribution in [0.1, 0.15) is 0 Å². The van der Waals surface area contributed by atoms with Gasteiger partial charge >= 0.3 is 30.7 Å². The van der Waals surface area contributed by atoms with Crippen LogP contribution in [0.2, 0.25) is 0 Å². The Kier molecular flexibility index (Phi) is 5.17. The van der Waals surface area contributed by atoms with Crippen LogP contribution in [-0.4, -0.2) is 35.8 Å². The zero-order valence-corrected chi connectivity index (χ0v) is 2.84. The topological polar surface area (TPSA) is 80.4 Å². The molecule has 0 spiro atoms. The van der Waals surface area contributed by atoms with E-state index in [2.05, 4.69) is 5.73 Å². The molecule has 0 aliphatic heterocycles. The molecule has 0 aromatic carbocycles. The molecule has 0 aliphatic rings. The molecule has 0 rings (SSSR count).